The molecule has 0 radical (unpaired) electrons. The molecule has 0 heterocycles. The quantitative estimate of drug-likeness (QED) is 0.425. The first-order chi connectivity index (χ1) is 17.4. The van der Waals surface area contributed by atoms with E-state index in [9.17, 15) is 19.5 Å². The van der Waals surface area contributed by atoms with Gasteiger partial charge in [-0.3, -0.25) is 14.4 Å². The van der Waals surface area contributed by atoms with Crippen LogP contribution in [0.3, 0.4) is 0 Å². The maximum atomic E-state index is 12.7. The van der Waals surface area contributed by atoms with Crippen LogP contribution in [0.15, 0.2) is 9.59 Å². The number of nitrogens with one attached hydrogen (secondary N) is 2. The molecule has 2 bridgehead atoms. The largest absolute Gasteiger partial charge is 0.481 e. The molecule has 7 nitrogen and oxygen atoms in total. The van der Waals surface area contributed by atoms with E-state index in [0.717, 1.165) is 83.5 Å². The molecule has 37 heavy (non-hydrogen) atoms. The molecule has 5 saturated carbocycles. The van der Waals surface area contributed by atoms with Crippen LogP contribution in [0.1, 0.15) is 104 Å². The second-order valence-electron chi connectivity index (χ2n) is 14.5. The third-order valence-electron chi connectivity index (χ3n) is 12.5. The van der Waals surface area contributed by atoms with E-state index in [1.807, 2.05) is 6.92 Å². The lowest BCUT2D eigenvalue weighted by Crippen LogP contribution is -2.58. The van der Waals surface area contributed by atoms with Gasteiger partial charge in [0.1, 0.15) is 11.4 Å². The number of rotatable bonds is 5. The molecule has 1 aromatic rings. The summed E-state index contributed by atoms with van der Waals surface area (Å²) in [7, 11) is 0. The lowest BCUT2D eigenvalue weighted by atomic mass is 9.40. The normalized spacial score (nSPS) is 47.2. The SMILES string of the molecule is C[C@]12CC[C@@H]3[C@](CC[C@H]4[C@@]3(C)CCC[C@@]4(C)C(=O)O)(C[C@H]1Nc1c(N[C@@H]3CCCC[C@H]3N)c(=O)c1=O)C2. The molecule has 0 saturated heterocycles. The number of carboxylic acids is 1. The van der Waals surface area contributed by atoms with Crippen molar-refractivity contribution in [2.45, 2.75) is 122 Å². The Morgan fingerprint density at radius 2 is 1.54 bits per heavy atom. The minimum Gasteiger partial charge on any atom is -0.481 e. The summed E-state index contributed by atoms with van der Waals surface area (Å²) in [5.74, 6) is 0.120. The number of carbonyl (C=O) groups is 1. The maximum absolute atomic E-state index is 12.7. The molecule has 5 N–H and O–H groups in total. The molecule has 0 aliphatic heterocycles. The van der Waals surface area contributed by atoms with Crippen molar-refractivity contribution >= 4 is 17.3 Å². The summed E-state index contributed by atoms with van der Waals surface area (Å²) >= 11 is 0. The maximum Gasteiger partial charge on any atom is 0.309 e. The lowest BCUT2D eigenvalue weighted by Gasteiger charge is -2.64. The van der Waals surface area contributed by atoms with Gasteiger partial charge in [0.2, 0.25) is 0 Å². The Hall–Kier alpha value is -1.89. The Bertz CT molecular complexity index is 1170. The Kier molecular flexibility index (Phi) is 5.70. The minimum absolute atomic E-state index is 0.0109. The van der Waals surface area contributed by atoms with Crippen molar-refractivity contribution < 1.29 is 9.90 Å². The predicted molar refractivity (Wildman–Crippen MR) is 146 cm³/mol. The van der Waals surface area contributed by atoms with Gasteiger partial charge in [-0.15, -0.1) is 0 Å². The van der Waals surface area contributed by atoms with Gasteiger partial charge in [0, 0.05) is 18.1 Å². The van der Waals surface area contributed by atoms with E-state index in [-0.39, 0.29) is 40.3 Å². The van der Waals surface area contributed by atoms with Gasteiger partial charge in [0.15, 0.2) is 0 Å². The number of fused-ring (bicyclic) bond motifs is 3. The number of anilines is 2. The van der Waals surface area contributed by atoms with Crippen LogP contribution in [0.25, 0.3) is 0 Å². The summed E-state index contributed by atoms with van der Waals surface area (Å²) in [6.07, 6.45) is 13.4. The Morgan fingerprint density at radius 3 is 2.24 bits per heavy atom. The third-order valence-corrected chi connectivity index (χ3v) is 12.5. The van der Waals surface area contributed by atoms with Gasteiger partial charge in [0.05, 0.1) is 5.41 Å². The first kappa shape index (κ1) is 25.4. The van der Waals surface area contributed by atoms with Crippen LogP contribution in [0.4, 0.5) is 11.4 Å². The number of carboxylic acid groups (broad SMARTS) is 1. The first-order valence-corrected chi connectivity index (χ1v) is 14.8. The molecule has 6 rings (SSSR count). The monoisotopic (exact) mass is 511 g/mol. The molecule has 5 fully saturated rings. The zero-order valence-electron chi connectivity index (χ0n) is 22.8. The number of hydrogen-bond acceptors (Lipinski definition) is 6. The highest BCUT2D eigenvalue weighted by Gasteiger charge is 2.68. The van der Waals surface area contributed by atoms with Gasteiger partial charge < -0.3 is 21.5 Å². The highest BCUT2D eigenvalue weighted by Crippen LogP contribution is 2.74. The Morgan fingerprint density at radius 1 is 0.865 bits per heavy atom. The van der Waals surface area contributed by atoms with Crippen molar-refractivity contribution in [1.29, 1.82) is 0 Å². The molecule has 204 valence electrons. The summed E-state index contributed by atoms with van der Waals surface area (Å²) in [6.45, 7) is 6.76. The highest BCUT2D eigenvalue weighted by atomic mass is 16.4. The van der Waals surface area contributed by atoms with Gasteiger partial charge in [-0.1, -0.05) is 33.1 Å². The van der Waals surface area contributed by atoms with Crippen molar-refractivity contribution in [3.05, 3.63) is 20.4 Å². The van der Waals surface area contributed by atoms with Crippen LogP contribution >= 0.6 is 0 Å². The Labute approximate surface area is 220 Å². The van der Waals surface area contributed by atoms with Crippen molar-refractivity contribution in [1.82, 2.24) is 0 Å². The fourth-order valence-corrected chi connectivity index (χ4v) is 10.6. The van der Waals surface area contributed by atoms with Gasteiger partial charge in [-0.25, -0.2) is 0 Å². The topological polar surface area (TPSA) is 122 Å². The summed E-state index contributed by atoms with van der Waals surface area (Å²) < 4.78 is 0. The van der Waals surface area contributed by atoms with E-state index in [1.165, 1.54) is 0 Å². The van der Waals surface area contributed by atoms with Crippen LogP contribution < -0.4 is 27.2 Å². The van der Waals surface area contributed by atoms with E-state index >= 15 is 0 Å². The van der Waals surface area contributed by atoms with E-state index in [0.29, 0.717) is 17.3 Å². The summed E-state index contributed by atoms with van der Waals surface area (Å²) in [4.78, 5) is 37.7. The van der Waals surface area contributed by atoms with Crippen molar-refractivity contribution in [2.75, 3.05) is 10.6 Å². The lowest BCUT2D eigenvalue weighted by molar-refractivity contribution is -0.182. The molecule has 1 spiro atoms. The van der Waals surface area contributed by atoms with Crippen LogP contribution in [-0.4, -0.2) is 29.2 Å². The zero-order chi connectivity index (χ0) is 26.4. The van der Waals surface area contributed by atoms with Gasteiger partial charge >= 0.3 is 5.97 Å². The first-order valence-electron chi connectivity index (χ1n) is 14.8. The second kappa shape index (κ2) is 8.30. The molecule has 1 aromatic carbocycles. The van der Waals surface area contributed by atoms with E-state index in [2.05, 4.69) is 24.5 Å². The fourth-order valence-electron chi connectivity index (χ4n) is 10.6. The molecule has 0 aromatic heterocycles. The summed E-state index contributed by atoms with van der Waals surface area (Å²) in [6, 6.07) is 0.205. The van der Waals surface area contributed by atoms with Crippen molar-refractivity contribution in [3.63, 3.8) is 0 Å². The molecule has 7 heteroatoms. The number of aliphatic carboxylic acids is 1. The molecule has 0 unspecified atom stereocenters. The minimum atomic E-state index is -0.629. The predicted octanol–water partition coefficient (Wildman–Crippen LogP) is 4.63. The standard InChI is InChI=1S/C30H45N3O4/c1-27-13-9-20-28(2)11-6-12-29(3,26(36)37)19(28)10-14-30(20,16-27)15-21(27)33-23-22(24(34)25(23)35)32-18-8-5-4-7-17(18)31/h17-21,32-33H,4-16,31H2,1-3H3,(H,36,37)/t17-,18-,19+,20+,21-,27-,28-,29-,30-/m1/s1. The molecular formula is C30H45N3O4. The average molecular weight is 512 g/mol. The molecular weight excluding hydrogens is 466 g/mol. The zero-order valence-corrected chi connectivity index (χ0v) is 22.8. The van der Waals surface area contributed by atoms with E-state index < -0.39 is 22.2 Å². The smallest absolute Gasteiger partial charge is 0.309 e. The highest BCUT2D eigenvalue weighted by molar-refractivity contribution is 5.75. The van der Waals surface area contributed by atoms with E-state index in [1.54, 1.807) is 0 Å². The fraction of sp³-hybridized carbons (Fsp3) is 0.833. The van der Waals surface area contributed by atoms with E-state index in [4.69, 9.17) is 5.73 Å². The van der Waals surface area contributed by atoms with Gasteiger partial charge in [-0.2, -0.15) is 0 Å². The summed E-state index contributed by atoms with van der Waals surface area (Å²) in [5.41, 5.74) is 6.12. The van der Waals surface area contributed by atoms with Gasteiger partial charge in [0.25, 0.3) is 10.9 Å². The average Bonchev–Trinajstić information content (AvgIpc) is 3.05. The molecule has 9 atom stereocenters. The molecule has 0 amide bonds. The van der Waals surface area contributed by atoms with Crippen molar-refractivity contribution in [3.8, 4) is 0 Å². The van der Waals surface area contributed by atoms with Crippen LogP contribution in [0.2, 0.25) is 0 Å². The number of hydrogen-bond donors (Lipinski definition) is 4. The molecule has 5 aliphatic carbocycles. The second-order valence-corrected chi connectivity index (χ2v) is 14.5. The van der Waals surface area contributed by atoms with Crippen molar-refractivity contribution in [2.24, 2.45) is 39.2 Å². The number of nitrogens with two attached hydrogens (primary N) is 1. The Balaban J connectivity index is 1.26. The summed E-state index contributed by atoms with van der Waals surface area (Å²) in [5, 5.41) is 17.2. The molecule has 5 aliphatic rings. The van der Waals surface area contributed by atoms with Crippen LogP contribution in [0, 0.1) is 33.5 Å². The van der Waals surface area contributed by atoms with Crippen LogP contribution in [-0.2, 0) is 4.79 Å². The third kappa shape index (κ3) is 3.51. The van der Waals surface area contributed by atoms with Crippen LogP contribution in [0.5, 0.6) is 0 Å². The van der Waals surface area contributed by atoms with Gasteiger partial charge in [-0.05, 0) is 99.2 Å².